The van der Waals surface area contributed by atoms with E-state index in [9.17, 15) is 9.59 Å². The number of ether oxygens (including phenoxy) is 1. The minimum Gasteiger partial charge on any atom is -0.481 e. The summed E-state index contributed by atoms with van der Waals surface area (Å²) < 4.78 is 5.97. The molecule has 0 aromatic heterocycles. The van der Waals surface area contributed by atoms with E-state index in [0.717, 1.165) is 25.7 Å². The molecule has 0 aromatic carbocycles. The van der Waals surface area contributed by atoms with Gasteiger partial charge in [-0.3, -0.25) is 9.59 Å². The lowest BCUT2D eigenvalue weighted by Gasteiger charge is -2.33. The van der Waals surface area contributed by atoms with Crippen LogP contribution in [0.1, 0.15) is 39.0 Å². The smallest absolute Gasteiger partial charge is 0.307 e. The highest BCUT2D eigenvalue weighted by molar-refractivity contribution is 5.90. The molecule has 1 spiro atoms. The number of nitrogens with zero attached hydrogens (tertiary/aromatic N) is 1. The molecule has 0 unspecified atom stereocenters. The van der Waals surface area contributed by atoms with E-state index in [1.165, 1.54) is 0 Å². The van der Waals surface area contributed by atoms with Crippen LogP contribution < -0.4 is 0 Å². The summed E-state index contributed by atoms with van der Waals surface area (Å²) in [4.78, 5) is 25.1. The van der Waals surface area contributed by atoms with Crippen LogP contribution in [0.3, 0.4) is 0 Å². The van der Waals surface area contributed by atoms with E-state index in [1.807, 2.05) is 11.8 Å². The average Bonchev–Trinajstić information content (AvgIpc) is 2.90. The summed E-state index contributed by atoms with van der Waals surface area (Å²) in [5.41, 5.74) is -0.415. The van der Waals surface area contributed by atoms with Gasteiger partial charge in [0.15, 0.2) is 0 Å². The zero-order valence-electron chi connectivity index (χ0n) is 10.6. The second-order valence-corrected chi connectivity index (χ2v) is 5.82. The molecule has 1 saturated heterocycles. The third kappa shape index (κ3) is 1.72. The van der Waals surface area contributed by atoms with E-state index >= 15 is 0 Å². The molecule has 1 heterocycles. The maximum absolute atomic E-state index is 12.4. The number of carbonyl (C=O) groups is 2. The van der Waals surface area contributed by atoms with Crippen molar-refractivity contribution in [3.63, 3.8) is 0 Å². The van der Waals surface area contributed by atoms with Crippen LogP contribution in [0.5, 0.6) is 0 Å². The fourth-order valence-electron chi connectivity index (χ4n) is 3.45. The molecule has 3 rings (SSSR count). The van der Waals surface area contributed by atoms with Crippen molar-refractivity contribution in [2.75, 3.05) is 6.54 Å². The normalized spacial score (nSPS) is 37.2. The highest BCUT2D eigenvalue weighted by Crippen LogP contribution is 2.47. The van der Waals surface area contributed by atoms with Crippen LogP contribution in [-0.4, -0.2) is 40.3 Å². The monoisotopic (exact) mass is 253 g/mol. The zero-order valence-corrected chi connectivity index (χ0v) is 10.6. The van der Waals surface area contributed by atoms with Crippen LogP contribution in [0.25, 0.3) is 0 Å². The van der Waals surface area contributed by atoms with E-state index in [-0.39, 0.29) is 17.9 Å². The summed E-state index contributed by atoms with van der Waals surface area (Å²) in [6.45, 7) is 2.59. The number of amides is 1. The largest absolute Gasteiger partial charge is 0.481 e. The molecule has 1 N–H and O–H groups in total. The molecule has 3 aliphatic rings. The number of carbonyl (C=O) groups excluding carboxylic acids is 1. The molecule has 2 aliphatic carbocycles. The summed E-state index contributed by atoms with van der Waals surface area (Å²) in [7, 11) is 0. The zero-order chi connectivity index (χ0) is 12.9. The highest BCUT2D eigenvalue weighted by Gasteiger charge is 2.56. The first-order chi connectivity index (χ1) is 8.53. The molecule has 5 nitrogen and oxygen atoms in total. The first-order valence-electron chi connectivity index (χ1n) is 6.76. The van der Waals surface area contributed by atoms with Crippen molar-refractivity contribution in [1.82, 2.24) is 4.90 Å². The van der Waals surface area contributed by atoms with E-state index < -0.39 is 17.6 Å². The third-order valence-corrected chi connectivity index (χ3v) is 4.43. The van der Waals surface area contributed by atoms with Gasteiger partial charge in [-0.2, -0.15) is 0 Å². The molecule has 0 aromatic rings. The number of rotatable bonds is 2. The van der Waals surface area contributed by atoms with Gasteiger partial charge in [0.2, 0.25) is 5.91 Å². The Labute approximate surface area is 106 Å². The van der Waals surface area contributed by atoms with Crippen molar-refractivity contribution in [3.05, 3.63) is 0 Å². The Balaban J connectivity index is 1.75. The molecular weight excluding hydrogens is 234 g/mol. The van der Waals surface area contributed by atoms with Gasteiger partial charge in [0.1, 0.15) is 5.72 Å². The number of carboxylic acid groups (broad SMARTS) is 1. The second kappa shape index (κ2) is 3.95. The van der Waals surface area contributed by atoms with Gasteiger partial charge in [0.25, 0.3) is 0 Å². The molecule has 0 radical (unpaired) electrons. The Hall–Kier alpha value is -1.10. The van der Waals surface area contributed by atoms with Gasteiger partial charge in [-0.1, -0.05) is 0 Å². The number of hydrogen-bond acceptors (Lipinski definition) is 3. The lowest BCUT2D eigenvalue weighted by molar-refractivity contribution is -0.154. The molecule has 1 aliphatic heterocycles. The second-order valence-electron chi connectivity index (χ2n) is 5.82. The quantitative estimate of drug-likeness (QED) is 0.803. The minimum atomic E-state index is -0.845. The van der Waals surface area contributed by atoms with Gasteiger partial charge in [-0.05, 0) is 39.0 Å². The summed E-state index contributed by atoms with van der Waals surface area (Å²) in [6.07, 6.45) is 4.53. The van der Waals surface area contributed by atoms with Gasteiger partial charge in [-0.15, -0.1) is 0 Å². The van der Waals surface area contributed by atoms with Crippen molar-refractivity contribution >= 4 is 11.9 Å². The molecule has 2 saturated carbocycles. The van der Waals surface area contributed by atoms with Gasteiger partial charge >= 0.3 is 5.97 Å². The lowest BCUT2D eigenvalue weighted by atomic mass is 10.1. The summed E-state index contributed by atoms with van der Waals surface area (Å²) in [6, 6.07) is 0. The van der Waals surface area contributed by atoms with E-state index in [4.69, 9.17) is 9.84 Å². The predicted octanol–water partition coefficient (Wildman–Crippen LogP) is 1.22. The average molecular weight is 253 g/mol. The van der Waals surface area contributed by atoms with Crippen LogP contribution in [0, 0.1) is 11.8 Å². The van der Waals surface area contributed by atoms with Crippen molar-refractivity contribution in [2.45, 2.75) is 50.9 Å². The van der Waals surface area contributed by atoms with Crippen LogP contribution in [0.2, 0.25) is 0 Å². The highest BCUT2D eigenvalue weighted by atomic mass is 16.5. The minimum absolute atomic E-state index is 0.00588. The van der Waals surface area contributed by atoms with Crippen molar-refractivity contribution in [1.29, 1.82) is 0 Å². The van der Waals surface area contributed by atoms with Crippen molar-refractivity contribution in [3.8, 4) is 0 Å². The Morgan fingerprint density at radius 1 is 1.28 bits per heavy atom. The number of hydrogen-bond donors (Lipinski definition) is 1. The standard InChI is InChI=1S/C13H19NO4/c1-8-7-14(13(18-8)4-2-3-5-13)11(15)9-6-10(9)12(16)17/h8-10H,2-7H2,1H3,(H,16,17)/t8-,9-,10+/m1/s1. The predicted molar refractivity (Wildman–Crippen MR) is 62.7 cm³/mol. The summed E-state index contributed by atoms with van der Waals surface area (Å²) >= 11 is 0. The third-order valence-electron chi connectivity index (χ3n) is 4.43. The maximum atomic E-state index is 12.4. The lowest BCUT2D eigenvalue weighted by Crippen LogP contribution is -2.47. The Morgan fingerprint density at radius 2 is 1.94 bits per heavy atom. The SMILES string of the molecule is C[C@@H]1CN(C(=O)[C@@H]2C[C@@H]2C(=O)O)C2(CCCC2)O1. The van der Waals surface area contributed by atoms with Crippen LogP contribution in [0.4, 0.5) is 0 Å². The van der Waals surface area contributed by atoms with Crippen LogP contribution >= 0.6 is 0 Å². The fourth-order valence-corrected chi connectivity index (χ4v) is 3.45. The van der Waals surface area contributed by atoms with Crippen molar-refractivity contribution in [2.24, 2.45) is 11.8 Å². The molecule has 100 valence electrons. The van der Waals surface area contributed by atoms with Crippen LogP contribution in [0.15, 0.2) is 0 Å². The first-order valence-corrected chi connectivity index (χ1v) is 6.76. The molecule has 5 heteroatoms. The topological polar surface area (TPSA) is 66.8 Å². The van der Waals surface area contributed by atoms with Gasteiger partial charge in [-0.25, -0.2) is 0 Å². The number of carboxylic acids is 1. The van der Waals surface area contributed by atoms with Crippen molar-refractivity contribution < 1.29 is 19.4 Å². The maximum Gasteiger partial charge on any atom is 0.307 e. The van der Waals surface area contributed by atoms with Gasteiger partial charge < -0.3 is 14.7 Å². The van der Waals surface area contributed by atoms with E-state index in [1.54, 1.807) is 0 Å². The number of aliphatic carboxylic acids is 1. The molecule has 3 atom stereocenters. The van der Waals surface area contributed by atoms with E-state index in [2.05, 4.69) is 0 Å². The Morgan fingerprint density at radius 3 is 2.50 bits per heavy atom. The first kappa shape index (κ1) is 12.0. The Kier molecular flexibility index (Phi) is 2.62. The van der Waals surface area contributed by atoms with Gasteiger partial charge in [0.05, 0.1) is 17.9 Å². The molecule has 3 fully saturated rings. The van der Waals surface area contributed by atoms with Crippen LogP contribution in [-0.2, 0) is 14.3 Å². The van der Waals surface area contributed by atoms with Gasteiger partial charge in [0, 0.05) is 6.54 Å². The van der Waals surface area contributed by atoms with E-state index in [0.29, 0.717) is 13.0 Å². The molecule has 0 bridgehead atoms. The summed E-state index contributed by atoms with van der Waals surface area (Å²) in [5.74, 6) is -1.63. The summed E-state index contributed by atoms with van der Waals surface area (Å²) in [5, 5.41) is 8.92. The molecule has 18 heavy (non-hydrogen) atoms. The fraction of sp³-hybridized carbons (Fsp3) is 0.846. The Bertz CT molecular complexity index is 388. The molecular formula is C13H19NO4. The molecule has 1 amide bonds.